The highest BCUT2D eigenvalue weighted by atomic mass is 32.2. The van der Waals surface area contributed by atoms with Crippen LogP contribution in [0.5, 0.6) is 0 Å². The molecule has 1 unspecified atom stereocenters. The number of amides is 1. The summed E-state index contributed by atoms with van der Waals surface area (Å²) in [6.45, 7) is 4.92. The van der Waals surface area contributed by atoms with Crippen LogP contribution in [-0.4, -0.2) is 70.1 Å². The SMILES string of the molecule is CCC(C(=O)NCCS(C)(=O)=O)N1CCOCC1. The Morgan fingerprint density at radius 1 is 1.39 bits per heavy atom. The van der Waals surface area contributed by atoms with Crippen molar-refractivity contribution < 1.29 is 17.9 Å². The molecule has 0 aromatic heterocycles. The van der Waals surface area contributed by atoms with Crippen LogP contribution >= 0.6 is 0 Å². The molecule has 6 nitrogen and oxygen atoms in total. The van der Waals surface area contributed by atoms with Crippen molar-refractivity contribution in [2.24, 2.45) is 0 Å². The topological polar surface area (TPSA) is 75.7 Å². The molecule has 18 heavy (non-hydrogen) atoms. The molecule has 1 aliphatic heterocycles. The van der Waals surface area contributed by atoms with Crippen LogP contribution in [0.15, 0.2) is 0 Å². The Kier molecular flexibility index (Phi) is 6.04. The van der Waals surface area contributed by atoms with Crippen molar-refractivity contribution in [3.8, 4) is 0 Å². The van der Waals surface area contributed by atoms with Crippen LogP contribution in [0.4, 0.5) is 0 Å². The average Bonchev–Trinajstić information content (AvgIpc) is 2.29. The van der Waals surface area contributed by atoms with E-state index in [9.17, 15) is 13.2 Å². The van der Waals surface area contributed by atoms with Gasteiger partial charge in [0.15, 0.2) is 0 Å². The van der Waals surface area contributed by atoms with E-state index in [2.05, 4.69) is 10.2 Å². The summed E-state index contributed by atoms with van der Waals surface area (Å²) in [5.41, 5.74) is 0. The van der Waals surface area contributed by atoms with E-state index >= 15 is 0 Å². The van der Waals surface area contributed by atoms with Gasteiger partial charge in [-0.1, -0.05) is 6.92 Å². The molecule has 1 fully saturated rings. The minimum atomic E-state index is -3.03. The highest BCUT2D eigenvalue weighted by Crippen LogP contribution is 2.07. The Labute approximate surface area is 109 Å². The summed E-state index contributed by atoms with van der Waals surface area (Å²) in [6, 6.07) is -0.187. The van der Waals surface area contributed by atoms with Gasteiger partial charge in [0, 0.05) is 25.9 Å². The highest BCUT2D eigenvalue weighted by Gasteiger charge is 2.25. The zero-order chi connectivity index (χ0) is 13.6. The van der Waals surface area contributed by atoms with Gasteiger partial charge in [-0.05, 0) is 6.42 Å². The molecule has 0 aromatic carbocycles. The first-order chi connectivity index (χ1) is 8.44. The van der Waals surface area contributed by atoms with Crippen molar-refractivity contribution in [2.75, 3.05) is 44.9 Å². The fourth-order valence-corrected chi connectivity index (χ4v) is 2.45. The van der Waals surface area contributed by atoms with E-state index in [0.717, 1.165) is 13.1 Å². The van der Waals surface area contributed by atoms with E-state index in [-0.39, 0.29) is 24.2 Å². The lowest BCUT2D eigenvalue weighted by atomic mass is 10.1. The van der Waals surface area contributed by atoms with Crippen molar-refractivity contribution in [3.63, 3.8) is 0 Å². The molecule has 1 aliphatic rings. The molecule has 1 N–H and O–H groups in total. The van der Waals surface area contributed by atoms with Crippen LogP contribution in [-0.2, 0) is 19.4 Å². The monoisotopic (exact) mass is 278 g/mol. The number of carbonyl (C=O) groups is 1. The molecule has 0 aliphatic carbocycles. The molecule has 1 atom stereocenters. The predicted octanol–water partition coefficient (Wildman–Crippen LogP) is -0.742. The van der Waals surface area contributed by atoms with Gasteiger partial charge < -0.3 is 10.1 Å². The third-order valence-corrected chi connectivity index (χ3v) is 3.89. The molecule has 1 saturated heterocycles. The molecule has 1 heterocycles. The highest BCUT2D eigenvalue weighted by molar-refractivity contribution is 7.90. The van der Waals surface area contributed by atoms with Gasteiger partial charge in [-0.3, -0.25) is 9.69 Å². The number of nitrogens with zero attached hydrogens (tertiary/aromatic N) is 1. The largest absolute Gasteiger partial charge is 0.379 e. The third-order valence-electron chi connectivity index (χ3n) is 2.95. The summed E-state index contributed by atoms with van der Waals surface area (Å²) < 4.78 is 27.2. The molecule has 0 saturated carbocycles. The molecular weight excluding hydrogens is 256 g/mol. The van der Waals surface area contributed by atoms with Gasteiger partial charge in [-0.25, -0.2) is 8.42 Å². The lowest BCUT2D eigenvalue weighted by Crippen LogP contribution is -2.51. The number of hydrogen-bond donors (Lipinski definition) is 1. The maximum atomic E-state index is 12.0. The maximum Gasteiger partial charge on any atom is 0.237 e. The number of rotatable bonds is 6. The summed E-state index contributed by atoms with van der Waals surface area (Å²) >= 11 is 0. The van der Waals surface area contributed by atoms with Crippen LogP contribution in [0.1, 0.15) is 13.3 Å². The summed E-state index contributed by atoms with van der Waals surface area (Å²) in [6.07, 6.45) is 1.88. The Balaban J connectivity index is 2.41. The Bertz CT molecular complexity index is 363. The van der Waals surface area contributed by atoms with Crippen LogP contribution in [0, 0.1) is 0 Å². The molecule has 106 valence electrons. The van der Waals surface area contributed by atoms with Crippen molar-refractivity contribution in [3.05, 3.63) is 0 Å². The Hall–Kier alpha value is -0.660. The van der Waals surface area contributed by atoms with Crippen molar-refractivity contribution >= 4 is 15.7 Å². The second-order valence-corrected chi connectivity index (χ2v) is 6.75. The lowest BCUT2D eigenvalue weighted by Gasteiger charge is -2.32. The van der Waals surface area contributed by atoms with E-state index in [0.29, 0.717) is 19.6 Å². The van der Waals surface area contributed by atoms with Gasteiger partial charge in [0.2, 0.25) is 5.91 Å². The van der Waals surface area contributed by atoms with Gasteiger partial charge in [0.1, 0.15) is 9.84 Å². The van der Waals surface area contributed by atoms with Gasteiger partial charge >= 0.3 is 0 Å². The molecule has 1 amide bonds. The normalized spacial score (nSPS) is 19.4. The van der Waals surface area contributed by atoms with Crippen LogP contribution in [0.25, 0.3) is 0 Å². The fraction of sp³-hybridized carbons (Fsp3) is 0.909. The average molecular weight is 278 g/mol. The predicted molar refractivity (Wildman–Crippen MR) is 69.2 cm³/mol. The fourth-order valence-electron chi connectivity index (χ4n) is 1.98. The number of hydrogen-bond acceptors (Lipinski definition) is 5. The first-order valence-corrected chi connectivity index (χ1v) is 8.27. The van der Waals surface area contributed by atoms with E-state index in [4.69, 9.17) is 4.74 Å². The lowest BCUT2D eigenvalue weighted by molar-refractivity contribution is -0.128. The first kappa shape index (κ1) is 15.4. The third kappa shape index (κ3) is 5.32. The molecular formula is C11H22N2O4S. The van der Waals surface area contributed by atoms with E-state index in [1.165, 1.54) is 6.26 Å². The summed E-state index contributed by atoms with van der Waals surface area (Å²) in [5.74, 6) is -0.110. The Morgan fingerprint density at radius 3 is 2.50 bits per heavy atom. The molecule has 0 spiro atoms. The number of carbonyl (C=O) groups excluding carboxylic acids is 1. The van der Waals surface area contributed by atoms with Gasteiger partial charge in [-0.15, -0.1) is 0 Å². The Morgan fingerprint density at radius 2 is 2.00 bits per heavy atom. The summed E-state index contributed by atoms with van der Waals surface area (Å²) in [4.78, 5) is 14.1. The second-order valence-electron chi connectivity index (χ2n) is 4.49. The molecule has 0 bridgehead atoms. The molecule has 0 aromatic rings. The number of morpholine rings is 1. The zero-order valence-corrected chi connectivity index (χ0v) is 11.8. The van der Waals surface area contributed by atoms with Crippen LogP contribution in [0.3, 0.4) is 0 Å². The standard InChI is InChI=1S/C11H22N2O4S/c1-3-10(13-5-7-17-8-6-13)11(14)12-4-9-18(2,15)16/h10H,3-9H2,1-2H3,(H,12,14). The van der Waals surface area contributed by atoms with E-state index < -0.39 is 9.84 Å². The second kappa shape index (κ2) is 7.06. The number of nitrogens with one attached hydrogen (secondary N) is 1. The number of ether oxygens (including phenoxy) is 1. The quantitative estimate of drug-likeness (QED) is 0.692. The maximum absolute atomic E-state index is 12.0. The minimum Gasteiger partial charge on any atom is -0.379 e. The molecule has 0 radical (unpaired) electrons. The van der Waals surface area contributed by atoms with Crippen molar-refractivity contribution in [1.82, 2.24) is 10.2 Å². The van der Waals surface area contributed by atoms with E-state index in [1.807, 2.05) is 6.92 Å². The molecule has 1 rings (SSSR count). The summed E-state index contributed by atoms with van der Waals surface area (Å²) in [5, 5.41) is 2.69. The van der Waals surface area contributed by atoms with Gasteiger partial charge in [-0.2, -0.15) is 0 Å². The molecule has 7 heteroatoms. The van der Waals surface area contributed by atoms with Gasteiger partial charge in [0.25, 0.3) is 0 Å². The zero-order valence-electron chi connectivity index (χ0n) is 11.0. The van der Waals surface area contributed by atoms with Gasteiger partial charge in [0.05, 0.1) is 25.0 Å². The van der Waals surface area contributed by atoms with Crippen molar-refractivity contribution in [2.45, 2.75) is 19.4 Å². The van der Waals surface area contributed by atoms with Crippen LogP contribution < -0.4 is 5.32 Å². The minimum absolute atomic E-state index is 0.0156. The number of sulfone groups is 1. The summed E-state index contributed by atoms with van der Waals surface area (Å²) in [7, 11) is -3.03. The van der Waals surface area contributed by atoms with Crippen LogP contribution in [0.2, 0.25) is 0 Å². The first-order valence-electron chi connectivity index (χ1n) is 6.21. The van der Waals surface area contributed by atoms with Crippen molar-refractivity contribution in [1.29, 1.82) is 0 Å². The van der Waals surface area contributed by atoms with E-state index in [1.54, 1.807) is 0 Å². The smallest absolute Gasteiger partial charge is 0.237 e.